The van der Waals surface area contributed by atoms with Crippen molar-refractivity contribution in [2.45, 2.75) is 51.4 Å². The summed E-state index contributed by atoms with van der Waals surface area (Å²) in [5, 5.41) is 17.0. The van der Waals surface area contributed by atoms with Gasteiger partial charge in [-0.1, -0.05) is 75.7 Å². The zero-order chi connectivity index (χ0) is 21.6. The Hall–Kier alpha value is -1.25. The van der Waals surface area contributed by atoms with E-state index in [-0.39, 0.29) is 25.8 Å². The molecule has 8 aliphatic rings. The Balaban J connectivity index is 0.000000104. The molecular weight excluding hydrogens is 579 g/mol. The van der Waals surface area contributed by atoms with Gasteiger partial charge in [0.25, 0.3) is 0 Å². The van der Waals surface area contributed by atoms with Crippen LogP contribution < -0.4 is 0 Å². The van der Waals surface area contributed by atoms with Crippen LogP contribution in [-0.4, -0.2) is 75.7 Å². The van der Waals surface area contributed by atoms with Gasteiger partial charge in [0.05, 0.1) is 0 Å². The molecule has 4 atom stereocenters. The minimum atomic E-state index is 0. The monoisotopic (exact) mass is 616 g/mol. The van der Waals surface area contributed by atoms with E-state index < -0.39 is 0 Å². The van der Waals surface area contributed by atoms with Gasteiger partial charge in [-0.05, 0) is 75.0 Å². The van der Waals surface area contributed by atoms with Crippen LogP contribution in [-0.2, 0) is 25.8 Å². The summed E-state index contributed by atoms with van der Waals surface area (Å²) in [4.78, 5) is 17.0. The average Bonchev–Trinajstić information content (AvgIpc) is 3.57. The molecule has 0 aliphatic carbocycles. The van der Waals surface area contributed by atoms with E-state index in [0.717, 1.165) is 99.4 Å². The molecule has 0 aromatic rings. The third-order valence-corrected chi connectivity index (χ3v) is 7.47. The maximum Gasteiger partial charge on any atom is 4.00 e. The van der Waals surface area contributed by atoms with Gasteiger partial charge in [-0.3, -0.25) is 0 Å². The van der Waals surface area contributed by atoms with E-state index in [1.807, 2.05) is 0 Å². The Morgan fingerprint density at radius 2 is 0.636 bits per heavy atom. The van der Waals surface area contributed by atoms with Crippen molar-refractivity contribution in [2.75, 3.05) is 52.4 Å². The van der Waals surface area contributed by atoms with E-state index in [9.17, 15) is 0 Å². The van der Waals surface area contributed by atoms with E-state index in [4.69, 9.17) is 0 Å². The average molecular weight is 615 g/mol. The van der Waals surface area contributed by atoms with Crippen LogP contribution in [0.3, 0.4) is 0 Å². The Morgan fingerprint density at radius 1 is 0.394 bits per heavy atom. The number of amidine groups is 4. The predicted molar refractivity (Wildman–Crippen MR) is 133 cm³/mol. The summed E-state index contributed by atoms with van der Waals surface area (Å²) >= 11 is 0. The molecule has 4 saturated heterocycles. The normalized spacial score (nSPS) is 33.0. The molecule has 0 radical (unpaired) electrons. The minimum absolute atomic E-state index is 0. The Kier molecular flexibility index (Phi) is 9.38. The van der Waals surface area contributed by atoms with Crippen LogP contribution in [0.4, 0.5) is 0 Å². The summed E-state index contributed by atoms with van der Waals surface area (Å²) in [6.45, 7) is 8.25. The van der Waals surface area contributed by atoms with E-state index in [1.165, 1.54) is 51.4 Å². The van der Waals surface area contributed by atoms with Crippen molar-refractivity contribution < 1.29 is 25.8 Å². The first kappa shape index (κ1) is 24.9. The quantitative estimate of drug-likeness (QED) is 0.352. The van der Waals surface area contributed by atoms with Crippen molar-refractivity contribution in [1.82, 2.24) is 0 Å². The van der Waals surface area contributed by atoms with Crippen molar-refractivity contribution >= 4 is 23.3 Å². The van der Waals surface area contributed by atoms with Crippen LogP contribution in [0.25, 0.3) is 21.3 Å². The summed E-state index contributed by atoms with van der Waals surface area (Å²) in [6.07, 6.45) is 10.1. The standard InChI is InChI=1S/4C6H9N2.Hf/c4*1-3-7-6-5(1)2-4-8-6;/h4*5H,1-4H2;/q4*-1;+4. The summed E-state index contributed by atoms with van der Waals surface area (Å²) in [5.74, 6) is 7.67. The number of hydrogen-bond donors (Lipinski definition) is 0. The van der Waals surface area contributed by atoms with Crippen molar-refractivity contribution in [1.29, 1.82) is 0 Å². The first-order chi connectivity index (χ1) is 15.9. The molecule has 8 aliphatic heterocycles. The van der Waals surface area contributed by atoms with Gasteiger partial charge >= 0.3 is 25.8 Å². The molecule has 0 N–H and O–H groups in total. The van der Waals surface area contributed by atoms with Crippen LogP contribution in [0.15, 0.2) is 20.0 Å². The maximum absolute atomic E-state index is 4.25. The van der Waals surface area contributed by atoms with Gasteiger partial charge in [-0.2, -0.15) is 0 Å². The van der Waals surface area contributed by atoms with Crippen molar-refractivity contribution in [3.8, 4) is 0 Å². The third-order valence-electron chi connectivity index (χ3n) is 7.47. The van der Waals surface area contributed by atoms with Crippen molar-refractivity contribution in [3.05, 3.63) is 21.3 Å². The van der Waals surface area contributed by atoms with Gasteiger partial charge in [0.15, 0.2) is 0 Å². The van der Waals surface area contributed by atoms with Crippen molar-refractivity contribution in [2.24, 2.45) is 43.6 Å². The molecular formula is C24H36HfN8. The molecule has 9 heteroatoms. The minimum Gasteiger partial charge on any atom is -0.469 e. The zero-order valence-electron chi connectivity index (χ0n) is 19.7. The molecule has 0 amide bonds. The molecule has 0 bridgehead atoms. The Bertz CT molecular complexity index is 648. The third kappa shape index (κ3) is 6.46. The number of fused-ring (bicyclic) bond motifs is 4. The first-order valence-corrected chi connectivity index (χ1v) is 12.7. The van der Waals surface area contributed by atoms with Gasteiger partial charge in [0.2, 0.25) is 0 Å². The second kappa shape index (κ2) is 12.5. The molecule has 8 heterocycles. The molecule has 0 aromatic carbocycles. The van der Waals surface area contributed by atoms with E-state index in [1.54, 1.807) is 0 Å². The second-order valence-corrected chi connectivity index (χ2v) is 9.58. The maximum atomic E-state index is 4.25. The van der Waals surface area contributed by atoms with Crippen LogP contribution in [0, 0.1) is 23.7 Å². The molecule has 33 heavy (non-hydrogen) atoms. The number of hydrogen-bond acceptors (Lipinski definition) is 4. The SMILES string of the molecule is C1CC2CC[N-]C2=N1.C1CC2CC[N-]C2=N1.C1CC2CC[N-]C2=N1.C1CC2CC[N-]C2=N1.[Hf+4]. The van der Waals surface area contributed by atoms with Gasteiger partial charge in [-0.15, -0.1) is 0 Å². The molecule has 0 saturated carbocycles. The van der Waals surface area contributed by atoms with E-state index in [2.05, 4.69) is 41.2 Å². The van der Waals surface area contributed by atoms with Crippen LogP contribution in [0.1, 0.15) is 51.4 Å². The van der Waals surface area contributed by atoms with Crippen LogP contribution >= 0.6 is 0 Å². The molecule has 4 unspecified atom stereocenters. The summed E-state index contributed by atoms with van der Waals surface area (Å²) in [7, 11) is 0. The van der Waals surface area contributed by atoms with E-state index in [0.29, 0.717) is 0 Å². The fourth-order valence-electron chi connectivity index (χ4n) is 5.52. The van der Waals surface area contributed by atoms with Crippen molar-refractivity contribution in [3.63, 3.8) is 0 Å². The number of rotatable bonds is 0. The molecule has 4 fully saturated rings. The van der Waals surface area contributed by atoms with Crippen LogP contribution in [0.2, 0.25) is 0 Å². The Labute approximate surface area is 217 Å². The summed E-state index contributed by atoms with van der Waals surface area (Å²) < 4.78 is 0. The topological polar surface area (TPSA) is 106 Å². The summed E-state index contributed by atoms with van der Waals surface area (Å²) in [6, 6.07) is 0. The first-order valence-electron chi connectivity index (χ1n) is 12.7. The molecule has 0 aromatic heterocycles. The fraction of sp³-hybridized carbons (Fsp3) is 0.833. The smallest absolute Gasteiger partial charge is 0.469 e. The predicted octanol–water partition coefficient (Wildman–Crippen LogP) is 4.73. The number of nitrogens with zero attached hydrogens (tertiary/aromatic N) is 8. The van der Waals surface area contributed by atoms with Gasteiger partial charge in [0, 0.05) is 0 Å². The molecule has 8 rings (SSSR count). The van der Waals surface area contributed by atoms with Gasteiger partial charge in [0.1, 0.15) is 0 Å². The van der Waals surface area contributed by atoms with Gasteiger partial charge < -0.3 is 41.2 Å². The fourth-order valence-corrected chi connectivity index (χ4v) is 5.52. The largest absolute Gasteiger partial charge is 4.00 e. The molecule has 0 spiro atoms. The zero-order valence-corrected chi connectivity index (χ0v) is 23.3. The summed E-state index contributed by atoms with van der Waals surface area (Å²) in [5.41, 5.74) is 0. The molecule has 8 nitrogen and oxygen atoms in total. The Morgan fingerprint density at radius 3 is 0.848 bits per heavy atom. The van der Waals surface area contributed by atoms with E-state index >= 15 is 0 Å². The second-order valence-electron chi connectivity index (χ2n) is 9.58. The van der Waals surface area contributed by atoms with Crippen LogP contribution in [0.5, 0.6) is 0 Å². The number of aliphatic imine (C=N–C) groups is 4. The molecule has 176 valence electrons. The van der Waals surface area contributed by atoms with Gasteiger partial charge in [-0.25, -0.2) is 0 Å².